The Bertz CT molecular complexity index is 1370. The van der Waals surface area contributed by atoms with Gasteiger partial charge in [-0.3, -0.25) is 4.79 Å². The Morgan fingerprint density at radius 3 is 2.44 bits per heavy atom. The van der Waals surface area contributed by atoms with Gasteiger partial charge in [0.1, 0.15) is 11.6 Å². The molecule has 1 spiro atoms. The second-order valence-corrected chi connectivity index (χ2v) is 11.4. The molecule has 39 heavy (non-hydrogen) atoms. The zero-order valence-electron chi connectivity index (χ0n) is 21.6. The van der Waals surface area contributed by atoms with E-state index in [0.29, 0.717) is 23.0 Å². The number of carbonyl (C=O) groups is 1. The molecule has 8 heteroatoms. The number of anilines is 1. The third-order valence-corrected chi connectivity index (χ3v) is 8.74. The number of amides is 1. The van der Waals surface area contributed by atoms with Crippen LogP contribution in [0.4, 0.5) is 14.5 Å². The lowest BCUT2D eigenvalue weighted by molar-refractivity contribution is -0.123. The molecule has 3 aromatic rings. The van der Waals surface area contributed by atoms with Crippen LogP contribution in [-0.4, -0.2) is 30.4 Å². The SMILES string of the molecule is C=C1CC2(CCN(CCC(C(=O)NCc3ccc(F)cc3)c3ccc(Cl)c(Cl)c3)CC2)c2cc(F)ccc2N1. The van der Waals surface area contributed by atoms with Gasteiger partial charge in [-0.25, -0.2) is 8.78 Å². The minimum atomic E-state index is -0.426. The highest BCUT2D eigenvalue weighted by Crippen LogP contribution is 2.47. The molecule has 0 radical (unpaired) electrons. The van der Waals surface area contributed by atoms with Gasteiger partial charge in [0.25, 0.3) is 0 Å². The topological polar surface area (TPSA) is 44.4 Å². The molecule has 0 saturated carbocycles. The van der Waals surface area contributed by atoms with Gasteiger partial charge in [-0.05, 0) is 104 Å². The summed E-state index contributed by atoms with van der Waals surface area (Å²) in [4.78, 5) is 15.7. The number of piperidine rings is 1. The lowest BCUT2D eigenvalue weighted by Crippen LogP contribution is -2.45. The first-order valence-corrected chi connectivity index (χ1v) is 13.9. The zero-order chi connectivity index (χ0) is 27.6. The molecule has 0 bridgehead atoms. The number of hydrogen-bond donors (Lipinski definition) is 2. The van der Waals surface area contributed by atoms with Crippen LogP contribution in [0.1, 0.15) is 48.3 Å². The lowest BCUT2D eigenvalue weighted by atomic mass is 9.67. The van der Waals surface area contributed by atoms with Crippen LogP contribution >= 0.6 is 23.2 Å². The average molecular weight is 571 g/mol. The molecule has 1 amide bonds. The molecular weight excluding hydrogens is 539 g/mol. The Morgan fingerprint density at radius 2 is 1.72 bits per heavy atom. The van der Waals surface area contributed by atoms with Gasteiger partial charge in [0.05, 0.1) is 16.0 Å². The molecule has 0 aliphatic carbocycles. The molecule has 0 aromatic heterocycles. The van der Waals surface area contributed by atoms with Crippen molar-refractivity contribution >= 4 is 34.8 Å². The van der Waals surface area contributed by atoms with E-state index in [9.17, 15) is 13.6 Å². The number of hydrogen-bond acceptors (Lipinski definition) is 3. The monoisotopic (exact) mass is 569 g/mol. The molecule has 4 nitrogen and oxygen atoms in total. The number of likely N-dealkylation sites (tertiary alicyclic amines) is 1. The Kier molecular flexibility index (Phi) is 8.27. The van der Waals surface area contributed by atoms with Crippen molar-refractivity contribution in [3.05, 3.63) is 111 Å². The summed E-state index contributed by atoms with van der Waals surface area (Å²) in [6.07, 6.45) is 3.16. The molecule has 1 unspecified atom stereocenters. The molecule has 3 aromatic carbocycles. The molecule has 2 heterocycles. The summed E-state index contributed by atoms with van der Waals surface area (Å²) in [7, 11) is 0. The van der Waals surface area contributed by atoms with Crippen molar-refractivity contribution in [2.75, 3.05) is 25.0 Å². The maximum Gasteiger partial charge on any atom is 0.227 e. The van der Waals surface area contributed by atoms with Gasteiger partial charge in [0.2, 0.25) is 5.91 Å². The second-order valence-electron chi connectivity index (χ2n) is 10.6. The first-order valence-electron chi connectivity index (χ1n) is 13.2. The van der Waals surface area contributed by atoms with Crippen LogP contribution in [-0.2, 0) is 16.8 Å². The highest BCUT2D eigenvalue weighted by molar-refractivity contribution is 6.42. The van der Waals surface area contributed by atoms with E-state index in [2.05, 4.69) is 22.1 Å². The van der Waals surface area contributed by atoms with E-state index in [1.165, 1.54) is 18.2 Å². The number of nitrogens with one attached hydrogen (secondary N) is 2. The Balaban J connectivity index is 1.26. The van der Waals surface area contributed by atoms with Crippen molar-refractivity contribution in [3.8, 4) is 0 Å². The predicted octanol–water partition coefficient (Wildman–Crippen LogP) is 7.42. The van der Waals surface area contributed by atoms with Crippen LogP contribution in [0, 0.1) is 11.6 Å². The maximum absolute atomic E-state index is 14.2. The van der Waals surface area contributed by atoms with E-state index in [0.717, 1.165) is 67.0 Å². The molecular formula is C31H31Cl2F2N3O. The van der Waals surface area contributed by atoms with Gasteiger partial charge in [-0.1, -0.05) is 48.0 Å². The van der Waals surface area contributed by atoms with Crippen LogP contribution < -0.4 is 10.6 Å². The van der Waals surface area contributed by atoms with E-state index >= 15 is 0 Å². The Hall–Kier alpha value is -2.93. The summed E-state index contributed by atoms with van der Waals surface area (Å²) in [5.41, 5.74) is 4.42. The molecule has 2 aliphatic heterocycles. The van der Waals surface area contributed by atoms with Crippen LogP contribution in [0.15, 0.2) is 72.9 Å². The predicted molar refractivity (Wildman–Crippen MR) is 153 cm³/mol. The van der Waals surface area contributed by atoms with Gasteiger partial charge in [-0.2, -0.15) is 0 Å². The summed E-state index contributed by atoms with van der Waals surface area (Å²) in [6, 6.07) is 16.3. The number of allylic oxidation sites excluding steroid dienone is 1. The molecule has 1 saturated heterocycles. The standard InChI is InChI=1S/C31H31Cl2F2N3O/c1-20-18-31(26-17-24(35)7-9-29(26)37-20)11-14-38(15-12-31)13-10-25(22-4-8-27(32)28(33)16-22)30(39)36-19-21-2-5-23(34)6-3-21/h2-9,16-17,25,37H,1,10-15,18-19H2,(H,36,39). The number of halogens is 4. The summed E-state index contributed by atoms with van der Waals surface area (Å²) >= 11 is 12.4. The molecule has 1 fully saturated rings. The number of carbonyl (C=O) groups excluding carboxylic acids is 1. The maximum atomic E-state index is 14.2. The van der Waals surface area contributed by atoms with Gasteiger partial charge < -0.3 is 15.5 Å². The van der Waals surface area contributed by atoms with E-state index in [1.54, 1.807) is 36.4 Å². The number of benzene rings is 3. The molecule has 2 aliphatic rings. The fourth-order valence-electron chi connectivity index (χ4n) is 5.86. The van der Waals surface area contributed by atoms with Crippen LogP contribution in [0.5, 0.6) is 0 Å². The number of fused-ring (bicyclic) bond motifs is 2. The average Bonchev–Trinajstić information content (AvgIpc) is 2.92. The smallest absolute Gasteiger partial charge is 0.227 e. The number of nitrogens with zero attached hydrogens (tertiary/aromatic N) is 1. The van der Waals surface area contributed by atoms with E-state index in [4.69, 9.17) is 23.2 Å². The van der Waals surface area contributed by atoms with E-state index in [1.807, 2.05) is 6.07 Å². The molecule has 2 N–H and O–H groups in total. The fourth-order valence-corrected chi connectivity index (χ4v) is 6.16. The third-order valence-electron chi connectivity index (χ3n) is 8.01. The van der Waals surface area contributed by atoms with Crippen molar-refractivity contribution < 1.29 is 13.6 Å². The minimum absolute atomic E-state index is 0.120. The fraction of sp³-hybridized carbons (Fsp3) is 0.323. The lowest BCUT2D eigenvalue weighted by Gasteiger charge is -2.46. The summed E-state index contributed by atoms with van der Waals surface area (Å²) in [5.74, 6) is -1.08. The Labute approximate surface area is 238 Å². The summed E-state index contributed by atoms with van der Waals surface area (Å²) in [6.45, 7) is 6.88. The minimum Gasteiger partial charge on any atom is -0.359 e. The van der Waals surface area contributed by atoms with Gasteiger partial charge in [0.15, 0.2) is 0 Å². The van der Waals surface area contributed by atoms with Crippen molar-refractivity contribution in [2.24, 2.45) is 0 Å². The third kappa shape index (κ3) is 6.29. The summed E-state index contributed by atoms with van der Waals surface area (Å²) < 4.78 is 27.4. The van der Waals surface area contributed by atoms with E-state index < -0.39 is 5.92 Å². The highest BCUT2D eigenvalue weighted by atomic mass is 35.5. The molecule has 1 atom stereocenters. The first-order chi connectivity index (χ1) is 18.7. The van der Waals surface area contributed by atoms with Gasteiger partial charge in [0, 0.05) is 23.3 Å². The van der Waals surface area contributed by atoms with Crippen molar-refractivity contribution in [2.45, 2.75) is 43.6 Å². The van der Waals surface area contributed by atoms with Crippen molar-refractivity contribution in [3.63, 3.8) is 0 Å². The molecule has 5 rings (SSSR count). The highest BCUT2D eigenvalue weighted by Gasteiger charge is 2.41. The Morgan fingerprint density at radius 1 is 1.00 bits per heavy atom. The van der Waals surface area contributed by atoms with Gasteiger partial charge in [-0.15, -0.1) is 0 Å². The summed E-state index contributed by atoms with van der Waals surface area (Å²) in [5, 5.41) is 7.16. The zero-order valence-corrected chi connectivity index (χ0v) is 23.1. The molecule has 204 valence electrons. The first kappa shape index (κ1) is 27.6. The normalized spacial score (nSPS) is 17.4. The van der Waals surface area contributed by atoms with Crippen LogP contribution in [0.2, 0.25) is 10.0 Å². The second kappa shape index (κ2) is 11.7. The van der Waals surface area contributed by atoms with Crippen LogP contribution in [0.25, 0.3) is 0 Å². The van der Waals surface area contributed by atoms with Gasteiger partial charge >= 0.3 is 0 Å². The largest absolute Gasteiger partial charge is 0.359 e. The van der Waals surface area contributed by atoms with Crippen molar-refractivity contribution in [1.82, 2.24) is 10.2 Å². The number of rotatable bonds is 7. The van der Waals surface area contributed by atoms with Crippen molar-refractivity contribution in [1.29, 1.82) is 0 Å². The van der Waals surface area contributed by atoms with E-state index in [-0.39, 0.29) is 23.0 Å². The van der Waals surface area contributed by atoms with Crippen LogP contribution in [0.3, 0.4) is 0 Å². The quantitative estimate of drug-likeness (QED) is 0.311.